The van der Waals surface area contributed by atoms with Crippen LogP contribution in [0.4, 0.5) is 5.95 Å². The molecule has 3 aromatic carbocycles. The first-order valence-electron chi connectivity index (χ1n) is 8.98. The zero-order valence-corrected chi connectivity index (χ0v) is 14.7. The zero-order valence-electron chi connectivity index (χ0n) is 14.7. The van der Waals surface area contributed by atoms with Crippen molar-refractivity contribution in [1.82, 2.24) is 15.0 Å². The van der Waals surface area contributed by atoms with E-state index in [9.17, 15) is 0 Å². The molecule has 0 saturated heterocycles. The van der Waals surface area contributed by atoms with Crippen LogP contribution in [0, 0.1) is 0 Å². The maximum absolute atomic E-state index is 4.67. The number of pyridine rings is 1. The summed E-state index contributed by atoms with van der Waals surface area (Å²) < 4.78 is 0. The molecule has 0 saturated carbocycles. The topological polar surface area (TPSA) is 53.6 Å². The number of hydrogen-bond acceptors (Lipinski definition) is 3. The average molecular weight is 350 g/mol. The molecule has 0 bridgehead atoms. The molecule has 0 amide bonds. The van der Waals surface area contributed by atoms with Crippen LogP contribution in [0.15, 0.2) is 85.1 Å². The lowest BCUT2D eigenvalue weighted by Gasteiger charge is -2.03. The van der Waals surface area contributed by atoms with E-state index in [1.54, 1.807) is 0 Å². The van der Waals surface area contributed by atoms with E-state index in [4.69, 9.17) is 0 Å². The van der Waals surface area contributed by atoms with Gasteiger partial charge in [0.1, 0.15) is 0 Å². The van der Waals surface area contributed by atoms with Crippen molar-refractivity contribution in [3.05, 3.63) is 90.6 Å². The van der Waals surface area contributed by atoms with Crippen LogP contribution >= 0.6 is 0 Å². The van der Waals surface area contributed by atoms with Crippen molar-refractivity contribution in [2.24, 2.45) is 0 Å². The van der Waals surface area contributed by atoms with Gasteiger partial charge in [-0.3, -0.25) is 4.98 Å². The van der Waals surface area contributed by atoms with E-state index in [1.165, 1.54) is 16.3 Å². The summed E-state index contributed by atoms with van der Waals surface area (Å²) in [5, 5.41) is 5.78. The van der Waals surface area contributed by atoms with E-state index in [0.717, 1.165) is 34.8 Å². The third kappa shape index (κ3) is 3.13. The molecule has 0 fully saturated rings. The number of hydrogen-bond donors (Lipinski definition) is 2. The van der Waals surface area contributed by atoms with Crippen LogP contribution in [0.3, 0.4) is 0 Å². The first-order chi connectivity index (χ1) is 13.3. The summed E-state index contributed by atoms with van der Waals surface area (Å²) in [5.74, 6) is 0.756. The summed E-state index contributed by atoms with van der Waals surface area (Å²) in [4.78, 5) is 12.6. The molecule has 0 aliphatic heterocycles. The average Bonchev–Trinajstić information content (AvgIpc) is 3.15. The largest absolute Gasteiger partial charge is 0.352 e. The van der Waals surface area contributed by atoms with Gasteiger partial charge in [0.2, 0.25) is 5.95 Å². The highest BCUT2D eigenvalue weighted by Crippen LogP contribution is 2.25. The van der Waals surface area contributed by atoms with E-state index >= 15 is 0 Å². The van der Waals surface area contributed by atoms with E-state index in [2.05, 4.69) is 74.9 Å². The summed E-state index contributed by atoms with van der Waals surface area (Å²) in [6.45, 7) is 0.728. The number of benzene rings is 3. The molecule has 0 radical (unpaired) electrons. The predicted octanol–water partition coefficient (Wildman–Crippen LogP) is 5.39. The fourth-order valence-electron chi connectivity index (χ4n) is 3.28. The van der Waals surface area contributed by atoms with Crippen molar-refractivity contribution in [1.29, 1.82) is 0 Å². The summed E-state index contributed by atoms with van der Waals surface area (Å²) in [6.07, 6.45) is 1.85. The molecule has 2 N–H and O–H groups in total. The van der Waals surface area contributed by atoms with E-state index in [0.29, 0.717) is 0 Å². The second kappa shape index (κ2) is 6.57. The van der Waals surface area contributed by atoms with Gasteiger partial charge in [0.25, 0.3) is 0 Å². The van der Waals surface area contributed by atoms with Crippen LogP contribution in [0.5, 0.6) is 0 Å². The maximum atomic E-state index is 4.67. The highest BCUT2D eigenvalue weighted by atomic mass is 15.1. The molecule has 5 rings (SSSR count). The van der Waals surface area contributed by atoms with E-state index < -0.39 is 0 Å². The molecule has 0 aliphatic rings. The fourth-order valence-corrected chi connectivity index (χ4v) is 3.28. The number of fused-ring (bicyclic) bond motifs is 2. The molecule has 2 aromatic heterocycles. The minimum absolute atomic E-state index is 0.728. The van der Waals surface area contributed by atoms with Crippen LogP contribution in [-0.2, 0) is 6.54 Å². The minimum Gasteiger partial charge on any atom is -0.352 e. The molecule has 130 valence electrons. The first kappa shape index (κ1) is 15.6. The summed E-state index contributed by atoms with van der Waals surface area (Å²) >= 11 is 0. The molecule has 0 aliphatic carbocycles. The molecule has 27 heavy (non-hydrogen) atoms. The second-order valence-corrected chi connectivity index (χ2v) is 6.57. The fraction of sp³-hybridized carbons (Fsp3) is 0.0435. The van der Waals surface area contributed by atoms with Gasteiger partial charge in [-0.1, -0.05) is 66.7 Å². The number of nitrogens with zero attached hydrogens (tertiary/aromatic N) is 2. The summed E-state index contributed by atoms with van der Waals surface area (Å²) in [7, 11) is 0. The molecule has 4 nitrogen and oxygen atoms in total. The lowest BCUT2D eigenvalue weighted by molar-refractivity contribution is 1.10. The van der Waals surface area contributed by atoms with Gasteiger partial charge in [-0.2, -0.15) is 0 Å². The van der Waals surface area contributed by atoms with Crippen molar-refractivity contribution in [2.45, 2.75) is 6.54 Å². The Hall–Kier alpha value is -3.66. The normalized spacial score (nSPS) is 11.1. The van der Waals surface area contributed by atoms with Gasteiger partial charge >= 0.3 is 0 Å². The SMILES string of the molecule is c1ccc(CNc2nc3cc(-c4ccc5ccccc5c4)ncc3[nH]2)cc1. The number of nitrogens with one attached hydrogen (secondary N) is 2. The van der Waals surface area contributed by atoms with Gasteiger partial charge in [0.15, 0.2) is 0 Å². The van der Waals surface area contributed by atoms with Crippen LogP contribution in [0.1, 0.15) is 5.56 Å². The number of imidazole rings is 1. The molecule has 5 aromatic rings. The monoisotopic (exact) mass is 350 g/mol. The number of anilines is 1. The molecular formula is C23H18N4. The number of H-pyrrole nitrogens is 1. The highest BCUT2D eigenvalue weighted by molar-refractivity contribution is 5.88. The molecule has 0 unspecified atom stereocenters. The van der Waals surface area contributed by atoms with Crippen LogP contribution in [0.2, 0.25) is 0 Å². The smallest absolute Gasteiger partial charge is 0.201 e. The Morgan fingerprint density at radius 3 is 2.52 bits per heavy atom. The Labute approximate surface area is 156 Å². The van der Waals surface area contributed by atoms with Gasteiger partial charge in [0.05, 0.1) is 22.9 Å². The summed E-state index contributed by atoms with van der Waals surface area (Å²) in [6, 6.07) is 27.1. The van der Waals surface area contributed by atoms with Gasteiger partial charge in [-0.15, -0.1) is 0 Å². The first-order valence-corrected chi connectivity index (χ1v) is 8.98. The second-order valence-electron chi connectivity index (χ2n) is 6.57. The lowest BCUT2D eigenvalue weighted by Crippen LogP contribution is -2.00. The van der Waals surface area contributed by atoms with Crippen molar-refractivity contribution >= 4 is 27.8 Å². The molecule has 0 atom stereocenters. The Kier molecular flexibility index (Phi) is 3.79. The maximum Gasteiger partial charge on any atom is 0.201 e. The number of aromatic nitrogens is 3. The Morgan fingerprint density at radius 1 is 0.815 bits per heavy atom. The molecule has 0 spiro atoms. The van der Waals surface area contributed by atoms with Crippen molar-refractivity contribution in [2.75, 3.05) is 5.32 Å². The minimum atomic E-state index is 0.728. The highest BCUT2D eigenvalue weighted by Gasteiger charge is 2.07. The van der Waals surface area contributed by atoms with Crippen molar-refractivity contribution < 1.29 is 0 Å². The lowest BCUT2D eigenvalue weighted by atomic mass is 10.0. The van der Waals surface area contributed by atoms with Gasteiger partial charge in [-0.05, 0) is 28.5 Å². The Morgan fingerprint density at radius 2 is 1.63 bits per heavy atom. The van der Waals surface area contributed by atoms with E-state index in [1.807, 2.05) is 30.5 Å². The van der Waals surface area contributed by atoms with E-state index in [-0.39, 0.29) is 0 Å². The Bertz CT molecular complexity index is 1230. The Balaban J connectivity index is 1.44. The number of aromatic amines is 1. The molecule has 4 heteroatoms. The van der Waals surface area contributed by atoms with Crippen molar-refractivity contribution in [3.8, 4) is 11.3 Å². The van der Waals surface area contributed by atoms with Crippen molar-refractivity contribution in [3.63, 3.8) is 0 Å². The standard InChI is InChI=1S/C23H18N4/c1-2-6-16(7-3-1)14-25-23-26-21-13-20(24-15-22(21)27-23)19-11-10-17-8-4-5-9-18(17)12-19/h1-13,15H,14H2,(H2,25,26,27). The molecular weight excluding hydrogens is 332 g/mol. The third-order valence-corrected chi connectivity index (χ3v) is 4.72. The summed E-state index contributed by atoms with van der Waals surface area (Å²) in [5.41, 5.74) is 5.07. The zero-order chi connectivity index (χ0) is 18.1. The third-order valence-electron chi connectivity index (χ3n) is 4.72. The van der Waals surface area contributed by atoms with Crippen LogP contribution in [0.25, 0.3) is 33.1 Å². The predicted molar refractivity (Wildman–Crippen MR) is 111 cm³/mol. The molecule has 2 heterocycles. The van der Waals surface area contributed by atoms with Gasteiger partial charge in [-0.25, -0.2) is 4.98 Å². The van der Waals surface area contributed by atoms with Gasteiger partial charge in [0, 0.05) is 12.1 Å². The van der Waals surface area contributed by atoms with Crippen LogP contribution in [-0.4, -0.2) is 15.0 Å². The number of rotatable bonds is 4. The van der Waals surface area contributed by atoms with Crippen LogP contribution < -0.4 is 5.32 Å². The van der Waals surface area contributed by atoms with Gasteiger partial charge < -0.3 is 10.3 Å². The quantitative estimate of drug-likeness (QED) is 0.457.